The third-order valence-corrected chi connectivity index (χ3v) is 4.57. The van der Waals surface area contributed by atoms with E-state index in [1.807, 2.05) is 16.3 Å². The van der Waals surface area contributed by atoms with Crippen molar-refractivity contribution in [2.45, 2.75) is 6.54 Å². The lowest BCUT2D eigenvalue weighted by atomic mass is 10.2. The van der Waals surface area contributed by atoms with Gasteiger partial charge in [-0.2, -0.15) is 11.8 Å². The molecule has 1 aliphatic heterocycles. The highest BCUT2D eigenvalue weighted by atomic mass is 32.2. The van der Waals surface area contributed by atoms with Crippen molar-refractivity contribution >= 4 is 28.8 Å². The smallest absolute Gasteiger partial charge is 0.335 e. The molecular formula is C14H17N3O2S. The van der Waals surface area contributed by atoms with Crippen molar-refractivity contribution in [3.05, 3.63) is 30.1 Å². The summed E-state index contributed by atoms with van der Waals surface area (Å²) in [4.78, 5) is 17.8. The molecule has 0 amide bonds. The number of hydrogen-bond acceptors (Lipinski definition) is 4. The maximum atomic E-state index is 11.0. The molecule has 20 heavy (non-hydrogen) atoms. The Kier molecular flexibility index (Phi) is 3.93. The number of rotatable bonds is 4. The maximum absolute atomic E-state index is 11.0. The van der Waals surface area contributed by atoms with Gasteiger partial charge in [0.25, 0.3) is 0 Å². The van der Waals surface area contributed by atoms with Gasteiger partial charge in [0.05, 0.1) is 22.9 Å². The van der Waals surface area contributed by atoms with E-state index in [2.05, 4.69) is 9.88 Å². The van der Waals surface area contributed by atoms with Gasteiger partial charge in [0.2, 0.25) is 0 Å². The minimum Gasteiger partial charge on any atom is -0.478 e. The van der Waals surface area contributed by atoms with Crippen LogP contribution < -0.4 is 0 Å². The minimum absolute atomic E-state index is 0.314. The Hall–Kier alpha value is -1.53. The first kappa shape index (κ1) is 13.5. The fraction of sp³-hybridized carbons (Fsp3) is 0.429. The second kappa shape index (κ2) is 5.85. The van der Waals surface area contributed by atoms with E-state index in [1.54, 1.807) is 24.5 Å². The highest BCUT2D eigenvalue weighted by Crippen LogP contribution is 2.16. The summed E-state index contributed by atoms with van der Waals surface area (Å²) in [6.07, 6.45) is 1.80. The lowest BCUT2D eigenvalue weighted by Gasteiger charge is -2.26. The van der Waals surface area contributed by atoms with Gasteiger partial charge in [-0.3, -0.25) is 4.90 Å². The maximum Gasteiger partial charge on any atom is 0.335 e. The van der Waals surface area contributed by atoms with Crippen molar-refractivity contribution in [1.82, 2.24) is 14.5 Å². The van der Waals surface area contributed by atoms with E-state index in [0.29, 0.717) is 5.56 Å². The van der Waals surface area contributed by atoms with Crippen molar-refractivity contribution in [1.29, 1.82) is 0 Å². The Labute approximate surface area is 121 Å². The molecule has 1 aromatic carbocycles. The predicted octanol–water partition coefficient (Wildman–Crippen LogP) is 1.78. The number of carboxylic acids is 1. The van der Waals surface area contributed by atoms with Crippen LogP contribution in [0.15, 0.2) is 24.5 Å². The van der Waals surface area contributed by atoms with Gasteiger partial charge >= 0.3 is 5.97 Å². The molecule has 1 N–H and O–H groups in total. The number of aromatic carboxylic acids is 1. The van der Waals surface area contributed by atoms with Crippen LogP contribution in [-0.2, 0) is 6.54 Å². The van der Waals surface area contributed by atoms with Gasteiger partial charge in [-0.05, 0) is 18.2 Å². The summed E-state index contributed by atoms with van der Waals surface area (Å²) in [6, 6.07) is 5.08. The zero-order valence-electron chi connectivity index (χ0n) is 11.2. The molecular weight excluding hydrogens is 274 g/mol. The molecule has 0 spiro atoms. The van der Waals surface area contributed by atoms with Crippen LogP contribution in [0.4, 0.5) is 0 Å². The molecule has 1 saturated heterocycles. The minimum atomic E-state index is -0.896. The van der Waals surface area contributed by atoms with Crippen LogP contribution in [0.5, 0.6) is 0 Å². The molecule has 3 rings (SSSR count). The number of hydrogen-bond donors (Lipinski definition) is 1. The first-order valence-corrected chi connectivity index (χ1v) is 7.88. The Morgan fingerprint density at radius 3 is 2.85 bits per heavy atom. The molecule has 1 aromatic heterocycles. The summed E-state index contributed by atoms with van der Waals surface area (Å²) in [6.45, 7) is 4.11. The molecule has 106 valence electrons. The molecule has 0 unspecified atom stereocenters. The van der Waals surface area contributed by atoms with Crippen LogP contribution in [-0.4, -0.2) is 56.7 Å². The summed E-state index contributed by atoms with van der Waals surface area (Å²) >= 11 is 2.00. The van der Waals surface area contributed by atoms with Crippen molar-refractivity contribution in [3.63, 3.8) is 0 Å². The number of aromatic nitrogens is 2. The highest BCUT2D eigenvalue weighted by Gasteiger charge is 2.12. The van der Waals surface area contributed by atoms with E-state index in [9.17, 15) is 4.79 Å². The van der Waals surface area contributed by atoms with Gasteiger partial charge in [-0.1, -0.05) is 0 Å². The predicted molar refractivity (Wildman–Crippen MR) is 80.5 cm³/mol. The molecule has 0 saturated carbocycles. The number of benzene rings is 1. The van der Waals surface area contributed by atoms with E-state index in [4.69, 9.17) is 5.11 Å². The quantitative estimate of drug-likeness (QED) is 0.930. The second-order valence-corrected chi connectivity index (χ2v) is 6.13. The lowest BCUT2D eigenvalue weighted by molar-refractivity contribution is 0.0697. The Morgan fingerprint density at radius 1 is 1.30 bits per heavy atom. The van der Waals surface area contributed by atoms with Crippen LogP contribution >= 0.6 is 11.8 Å². The van der Waals surface area contributed by atoms with Crippen molar-refractivity contribution in [2.75, 3.05) is 31.1 Å². The fourth-order valence-electron chi connectivity index (χ4n) is 2.44. The van der Waals surface area contributed by atoms with Crippen LogP contribution in [0.3, 0.4) is 0 Å². The number of thioether (sulfide) groups is 1. The van der Waals surface area contributed by atoms with E-state index >= 15 is 0 Å². The summed E-state index contributed by atoms with van der Waals surface area (Å²) < 4.78 is 2.05. The first-order valence-electron chi connectivity index (χ1n) is 6.72. The SMILES string of the molecule is O=C(O)c1ccc2ncn(CCN3CCSCC3)c2c1. The molecule has 0 radical (unpaired) electrons. The largest absolute Gasteiger partial charge is 0.478 e. The van der Waals surface area contributed by atoms with Gasteiger partial charge in [0, 0.05) is 37.7 Å². The zero-order valence-corrected chi connectivity index (χ0v) is 12.0. The molecule has 5 nitrogen and oxygen atoms in total. The molecule has 2 heterocycles. The zero-order chi connectivity index (χ0) is 13.9. The van der Waals surface area contributed by atoms with Crippen LogP contribution in [0.1, 0.15) is 10.4 Å². The average molecular weight is 291 g/mol. The number of carboxylic acid groups (broad SMARTS) is 1. The second-order valence-electron chi connectivity index (χ2n) is 4.90. The standard InChI is InChI=1S/C14H17N3O2S/c18-14(19)11-1-2-12-13(9-11)17(10-15-12)4-3-16-5-7-20-8-6-16/h1-2,9-10H,3-8H2,(H,18,19). The summed E-state index contributed by atoms with van der Waals surface area (Å²) in [5.41, 5.74) is 2.06. The Bertz CT molecular complexity index is 620. The van der Waals surface area contributed by atoms with Crippen molar-refractivity contribution in [3.8, 4) is 0 Å². The Morgan fingerprint density at radius 2 is 2.10 bits per heavy atom. The number of imidazole rings is 1. The number of nitrogens with zero attached hydrogens (tertiary/aromatic N) is 3. The number of fused-ring (bicyclic) bond motifs is 1. The molecule has 1 fully saturated rings. The van der Waals surface area contributed by atoms with Gasteiger partial charge < -0.3 is 9.67 Å². The first-order chi connectivity index (χ1) is 9.74. The van der Waals surface area contributed by atoms with Crippen LogP contribution in [0.2, 0.25) is 0 Å². The molecule has 1 aliphatic rings. The van der Waals surface area contributed by atoms with Gasteiger partial charge in [0.15, 0.2) is 0 Å². The average Bonchev–Trinajstić information content (AvgIpc) is 2.88. The van der Waals surface area contributed by atoms with Gasteiger partial charge in [-0.15, -0.1) is 0 Å². The normalized spacial score (nSPS) is 16.6. The van der Waals surface area contributed by atoms with Crippen LogP contribution in [0.25, 0.3) is 11.0 Å². The third-order valence-electron chi connectivity index (χ3n) is 3.63. The molecule has 0 atom stereocenters. The van der Waals surface area contributed by atoms with Crippen LogP contribution in [0, 0.1) is 0 Å². The van der Waals surface area contributed by atoms with E-state index in [-0.39, 0.29) is 0 Å². The lowest BCUT2D eigenvalue weighted by Crippen LogP contribution is -2.34. The van der Waals surface area contributed by atoms with E-state index < -0.39 is 5.97 Å². The van der Waals surface area contributed by atoms with Crippen molar-refractivity contribution in [2.24, 2.45) is 0 Å². The fourth-order valence-corrected chi connectivity index (χ4v) is 3.42. The molecule has 2 aromatic rings. The summed E-state index contributed by atoms with van der Waals surface area (Å²) in [7, 11) is 0. The molecule has 0 aliphatic carbocycles. The monoisotopic (exact) mass is 291 g/mol. The topological polar surface area (TPSA) is 58.4 Å². The molecule has 0 bridgehead atoms. The molecule has 6 heteroatoms. The highest BCUT2D eigenvalue weighted by molar-refractivity contribution is 7.99. The van der Waals surface area contributed by atoms with E-state index in [0.717, 1.165) is 37.2 Å². The Balaban J connectivity index is 1.76. The van der Waals surface area contributed by atoms with E-state index in [1.165, 1.54) is 11.5 Å². The number of carbonyl (C=O) groups is 1. The third kappa shape index (κ3) is 2.81. The van der Waals surface area contributed by atoms with Gasteiger partial charge in [-0.25, -0.2) is 9.78 Å². The summed E-state index contributed by atoms with van der Waals surface area (Å²) in [5.74, 6) is 1.51. The van der Waals surface area contributed by atoms with Crippen molar-refractivity contribution < 1.29 is 9.90 Å². The summed E-state index contributed by atoms with van der Waals surface area (Å²) in [5, 5.41) is 9.07. The van der Waals surface area contributed by atoms with Gasteiger partial charge in [0.1, 0.15) is 0 Å².